The molecule has 15 heavy (non-hydrogen) atoms. The van der Waals surface area contributed by atoms with Crippen LogP contribution in [0.25, 0.3) is 0 Å². The monoisotopic (exact) mass is 211 g/mol. The molecule has 0 bridgehead atoms. The van der Waals surface area contributed by atoms with Crippen molar-refractivity contribution in [3.05, 3.63) is 0 Å². The lowest BCUT2D eigenvalue weighted by Gasteiger charge is -2.44. The van der Waals surface area contributed by atoms with Crippen molar-refractivity contribution in [2.75, 3.05) is 0 Å². The van der Waals surface area contributed by atoms with E-state index >= 15 is 0 Å². The van der Waals surface area contributed by atoms with E-state index in [1.54, 1.807) is 0 Å². The summed E-state index contributed by atoms with van der Waals surface area (Å²) in [5.74, 6) is 3.13. The van der Waals surface area contributed by atoms with E-state index in [4.69, 9.17) is 5.73 Å². The summed E-state index contributed by atoms with van der Waals surface area (Å²) in [7, 11) is 0. The van der Waals surface area contributed by atoms with E-state index in [1.807, 2.05) is 0 Å². The Morgan fingerprint density at radius 2 is 1.87 bits per heavy atom. The summed E-state index contributed by atoms with van der Waals surface area (Å²) in [5.41, 5.74) is 6.60. The number of hydrogen-bond acceptors (Lipinski definition) is 1. The quantitative estimate of drug-likeness (QED) is 0.754. The molecule has 0 saturated heterocycles. The molecule has 5 unspecified atom stereocenters. The maximum absolute atomic E-state index is 6.55. The molecule has 1 heteroatoms. The van der Waals surface area contributed by atoms with Crippen LogP contribution >= 0.6 is 0 Å². The SMILES string of the molecule is CCC(C)C(C)(N)C1CCC(C)C(C)C1. The summed E-state index contributed by atoms with van der Waals surface area (Å²) in [6, 6.07) is 0. The fourth-order valence-corrected chi connectivity index (χ4v) is 2.95. The van der Waals surface area contributed by atoms with Gasteiger partial charge in [-0.15, -0.1) is 0 Å². The molecular weight excluding hydrogens is 182 g/mol. The molecule has 0 spiro atoms. The first-order valence-electron chi connectivity index (χ1n) is 6.68. The molecule has 0 aliphatic heterocycles. The predicted octanol–water partition coefficient (Wildman–Crippen LogP) is 3.82. The summed E-state index contributed by atoms with van der Waals surface area (Å²) < 4.78 is 0. The molecule has 1 saturated carbocycles. The largest absolute Gasteiger partial charge is 0.325 e. The Hall–Kier alpha value is -0.0400. The Morgan fingerprint density at radius 1 is 1.27 bits per heavy atom. The number of nitrogens with two attached hydrogens (primary N) is 1. The molecule has 0 aromatic carbocycles. The molecule has 1 aliphatic carbocycles. The maximum Gasteiger partial charge on any atom is 0.0180 e. The molecule has 0 amide bonds. The maximum atomic E-state index is 6.55. The molecule has 0 aromatic rings. The zero-order valence-corrected chi connectivity index (χ0v) is 11.2. The summed E-state index contributed by atoms with van der Waals surface area (Å²) in [4.78, 5) is 0. The van der Waals surface area contributed by atoms with Crippen LogP contribution in [-0.4, -0.2) is 5.54 Å². The summed E-state index contributed by atoms with van der Waals surface area (Å²) in [6.07, 6.45) is 5.24. The van der Waals surface area contributed by atoms with Crippen LogP contribution in [0.2, 0.25) is 0 Å². The van der Waals surface area contributed by atoms with Gasteiger partial charge in [0.15, 0.2) is 0 Å². The molecule has 1 nitrogen and oxygen atoms in total. The van der Waals surface area contributed by atoms with Crippen molar-refractivity contribution in [1.29, 1.82) is 0 Å². The van der Waals surface area contributed by atoms with Crippen molar-refractivity contribution in [1.82, 2.24) is 0 Å². The second kappa shape index (κ2) is 4.86. The molecule has 1 fully saturated rings. The van der Waals surface area contributed by atoms with Crippen LogP contribution < -0.4 is 5.73 Å². The van der Waals surface area contributed by atoms with Crippen LogP contribution in [0.1, 0.15) is 60.3 Å². The van der Waals surface area contributed by atoms with Crippen molar-refractivity contribution in [3.63, 3.8) is 0 Å². The first-order valence-corrected chi connectivity index (χ1v) is 6.68. The van der Waals surface area contributed by atoms with Crippen molar-refractivity contribution >= 4 is 0 Å². The molecule has 0 aromatic heterocycles. The summed E-state index contributed by atoms with van der Waals surface area (Å²) >= 11 is 0. The fourth-order valence-electron chi connectivity index (χ4n) is 2.95. The zero-order valence-electron chi connectivity index (χ0n) is 11.2. The van der Waals surface area contributed by atoms with Crippen molar-refractivity contribution in [3.8, 4) is 0 Å². The average Bonchev–Trinajstić information content (AvgIpc) is 2.20. The Labute approximate surface area is 95.8 Å². The van der Waals surface area contributed by atoms with E-state index in [2.05, 4.69) is 34.6 Å². The molecule has 1 aliphatic rings. The van der Waals surface area contributed by atoms with Gasteiger partial charge >= 0.3 is 0 Å². The normalized spacial score (nSPS) is 38.4. The predicted molar refractivity (Wildman–Crippen MR) is 67.7 cm³/mol. The highest BCUT2D eigenvalue weighted by atomic mass is 14.8. The standard InChI is InChI=1S/C14H29N/c1-6-12(4)14(5,15)13-8-7-10(2)11(3)9-13/h10-13H,6-9,15H2,1-5H3. The minimum atomic E-state index is 0.0448. The second-order valence-corrected chi connectivity index (χ2v) is 6.14. The van der Waals surface area contributed by atoms with Crippen molar-refractivity contribution in [2.24, 2.45) is 29.4 Å². The lowest BCUT2D eigenvalue weighted by Crippen LogP contribution is -2.51. The topological polar surface area (TPSA) is 26.0 Å². The molecule has 2 N–H and O–H groups in total. The van der Waals surface area contributed by atoms with Gasteiger partial charge in [-0.3, -0.25) is 0 Å². The average molecular weight is 211 g/mol. The van der Waals surface area contributed by atoms with Gasteiger partial charge in [0, 0.05) is 5.54 Å². The first-order chi connectivity index (χ1) is 6.89. The van der Waals surface area contributed by atoms with Crippen molar-refractivity contribution < 1.29 is 0 Å². The molecule has 90 valence electrons. The molecule has 0 radical (unpaired) electrons. The smallest absolute Gasteiger partial charge is 0.0180 e. The highest BCUT2D eigenvalue weighted by molar-refractivity contribution is 4.94. The molecule has 1 rings (SSSR count). The lowest BCUT2D eigenvalue weighted by molar-refractivity contribution is 0.106. The third-order valence-electron chi connectivity index (χ3n) is 5.15. The van der Waals surface area contributed by atoms with E-state index in [0.717, 1.165) is 17.8 Å². The van der Waals surface area contributed by atoms with Gasteiger partial charge in [-0.2, -0.15) is 0 Å². The van der Waals surface area contributed by atoms with Crippen molar-refractivity contribution in [2.45, 2.75) is 65.8 Å². The third-order valence-corrected chi connectivity index (χ3v) is 5.15. The minimum absolute atomic E-state index is 0.0448. The Morgan fingerprint density at radius 3 is 2.33 bits per heavy atom. The van der Waals surface area contributed by atoms with E-state index in [1.165, 1.54) is 25.7 Å². The van der Waals surface area contributed by atoms with Gasteiger partial charge < -0.3 is 5.73 Å². The zero-order chi connectivity index (χ0) is 11.6. The Balaban J connectivity index is 2.64. The molecule has 0 heterocycles. The number of hydrogen-bond donors (Lipinski definition) is 1. The second-order valence-electron chi connectivity index (χ2n) is 6.14. The third kappa shape index (κ3) is 2.75. The highest BCUT2D eigenvalue weighted by Gasteiger charge is 2.38. The summed E-state index contributed by atoms with van der Waals surface area (Å²) in [5, 5.41) is 0. The van der Waals surface area contributed by atoms with Crippen LogP contribution in [0.5, 0.6) is 0 Å². The number of rotatable bonds is 3. The first kappa shape index (κ1) is 13.0. The van der Waals surface area contributed by atoms with Gasteiger partial charge in [-0.25, -0.2) is 0 Å². The van der Waals surface area contributed by atoms with Gasteiger partial charge in [0.1, 0.15) is 0 Å². The molecule has 5 atom stereocenters. The lowest BCUT2D eigenvalue weighted by atomic mass is 9.65. The fraction of sp³-hybridized carbons (Fsp3) is 1.00. The van der Waals surface area contributed by atoms with Crippen LogP contribution in [0.4, 0.5) is 0 Å². The Kier molecular flexibility index (Phi) is 4.22. The van der Waals surface area contributed by atoms with Gasteiger partial charge in [-0.05, 0) is 43.4 Å². The van der Waals surface area contributed by atoms with Gasteiger partial charge in [0.25, 0.3) is 0 Å². The minimum Gasteiger partial charge on any atom is -0.325 e. The van der Waals surface area contributed by atoms with Crippen LogP contribution in [0.3, 0.4) is 0 Å². The van der Waals surface area contributed by atoms with Gasteiger partial charge in [-0.1, -0.05) is 40.5 Å². The van der Waals surface area contributed by atoms with E-state index in [-0.39, 0.29) is 5.54 Å². The van der Waals surface area contributed by atoms with Gasteiger partial charge in [0.2, 0.25) is 0 Å². The van der Waals surface area contributed by atoms with Crippen LogP contribution in [-0.2, 0) is 0 Å². The van der Waals surface area contributed by atoms with E-state index < -0.39 is 0 Å². The summed E-state index contributed by atoms with van der Waals surface area (Å²) in [6.45, 7) is 11.6. The van der Waals surface area contributed by atoms with E-state index in [0.29, 0.717) is 5.92 Å². The van der Waals surface area contributed by atoms with Crippen LogP contribution in [0, 0.1) is 23.7 Å². The molecular formula is C14H29N. The van der Waals surface area contributed by atoms with Gasteiger partial charge in [0.05, 0.1) is 0 Å². The van der Waals surface area contributed by atoms with Crippen LogP contribution in [0.15, 0.2) is 0 Å². The highest BCUT2D eigenvalue weighted by Crippen LogP contribution is 2.40. The van der Waals surface area contributed by atoms with E-state index in [9.17, 15) is 0 Å². The Bertz CT molecular complexity index is 198.